The summed E-state index contributed by atoms with van der Waals surface area (Å²) < 4.78 is 3.27. The largest absolute Gasteiger partial charge is 0.349 e. The van der Waals surface area contributed by atoms with Crippen molar-refractivity contribution in [3.8, 4) is 0 Å². The molecule has 5 rings (SSSR count). The third kappa shape index (κ3) is 3.47. The van der Waals surface area contributed by atoms with E-state index in [1.807, 2.05) is 31.2 Å². The van der Waals surface area contributed by atoms with Crippen LogP contribution >= 0.6 is 0 Å². The first-order valence-corrected chi connectivity index (χ1v) is 10.9. The Morgan fingerprint density at radius 1 is 1.25 bits per heavy atom. The van der Waals surface area contributed by atoms with E-state index in [1.165, 1.54) is 4.40 Å². The zero-order valence-corrected chi connectivity index (χ0v) is 17.9. The first-order valence-electron chi connectivity index (χ1n) is 10.9. The van der Waals surface area contributed by atoms with Gasteiger partial charge in [0.05, 0.1) is 6.54 Å². The number of rotatable bonds is 4. The van der Waals surface area contributed by atoms with Crippen LogP contribution in [0.5, 0.6) is 0 Å². The van der Waals surface area contributed by atoms with Gasteiger partial charge in [-0.05, 0) is 49.6 Å². The summed E-state index contributed by atoms with van der Waals surface area (Å²) in [6.07, 6.45) is 9.24. The molecule has 4 aromatic heterocycles. The number of anilines is 1. The smallest absolute Gasteiger partial charge is 0.278 e. The number of hydrogen-bond donors (Lipinski definition) is 2. The van der Waals surface area contributed by atoms with E-state index in [2.05, 4.69) is 10.3 Å². The quantitative estimate of drug-likeness (QED) is 0.382. The molecule has 1 amide bonds. The minimum Gasteiger partial charge on any atom is -0.349 e. The monoisotopic (exact) mass is 429 g/mol. The molecule has 0 atom stereocenters. The Morgan fingerprint density at radius 2 is 2.00 bits per heavy atom. The van der Waals surface area contributed by atoms with Crippen molar-refractivity contribution in [1.82, 2.24) is 19.7 Å². The second-order valence-corrected chi connectivity index (χ2v) is 8.38. The van der Waals surface area contributed by atoms with Crippen molar-refractivity contribution in [2.75, 3.05) is 5.73 Å². The lowest BCUT2D eigenvalue weighted by Gasteiger charge is -2.15. The molecule has 0 bridgehead atoms. The molecule has 162 valence electrons. The molecule has 1 aliphatic rings. The number of aryl methyl sites for hydroxylation is 1. The van der Waals surface area contributed by atoms with E-state index in [1.54, 1.807) is 29.2 Å². The second kappa shape index (κ2) is 8.03. The van der Waals surface area contributed by atoms with Crippen LogP contribution < -0.4 is 21.2 Å². The number of pyridine rings is 3. The normalized spacial score (nSPS) is 14.3. The van der Waals surface area contributed by atoms with Crippen molar-refractivity contribution in [2.45, 2.75) is 45.2 Å². The van der Waals surface area contributed by atoms with Gasteiger partial charge < -0.3 is 11.1 Å². The van der Waals surface area contributed by atoms with Crippen molar-refractivity contribution < 1.29 is 9.36 Å². The molecular formula is C24H25N6O2+. The van der Waals surface area contributed by atoms with E-state index in [4.69, 9.17) is 10.7 Å². The lowest BCUT2D eigenvalue weighted by molar-refractivity contribution is -0.649. The van der Waals surface area contributed by atoms with Gasteiger partial charge in [0.2, 0.25) is 11.5 Å². The SMILES string of the molecule is Cc1cccn2c(=O)c3cc(C(=O)NC4CCCC4)c(N)[n+](Cc4ccncc4)c3nc12. The highest BCUT2D eigenvalue weighted by molar-refractivity contribution is 6.00. The van der Waals surface area contributed by atoms with E-state index >= 15 is 0 Å². The number of nitrogen functional groups attached to an aromatic ring is 1. The standard InChI is InChI=1S/C24H24N6O2/c1-15-5-4-12-29-21(15)28-22-19(24(29)32)13-18(23(31)27-17-6-2-3-7-17)20(25)30(22)14-16-8-10-26-11-9-16/h4-5,8-13,17,25H,2-3,6-7,14H2,1H3,(H,27,31)/p+1. The fraction of sp³-hybridized carbons (Fsp3) is 0.292. The number of amides is 1. The summed E-state index contributed by atoms with van der Waals surface area (Å²) in [4.78, 5) is 35.4. The molecule has 32 heavy (non-hydrogen) atoms. The van der Waals surface area contributed by atoms with E-state index in [-0.39, 0.29) is 23.3 Å². The Balaban J connectivity index is 1.75. The van der Waals surface area contributed by atoms with Crippen LogP contribution in [0.2, 0.25) is 0 Å². The minimum atomic E-state index is -0.256. The Labute approximate surface area is 184 Å². The topological polar surface area (TPSA) is 106 Å². The fourth-order valence-electron chi connectivity index (χ4n) is 4.46. The molecule has 0 aliphatic heterocycles. The minimum absolute atomic E-state index is 0.143. The first kappa shape index (κ1) is 20.1. The Morgan fingerprint density at radius 3 is 2.75 bits per heavy atom. The number of carbonyl (C=O) groups excluding carboxylic acids is 1. The maximum Gasteiger partial charge on any atom is 0.278 e. The number of carbonyl (C=O) groups is 1. The molecule has 4 heterocycles. The van der Waals surface area contributed by atoms with Crippen LogP contribution in [0.4, 0.5) is 5.82 Å². The molecule has 1 saturated carbocycles. The van der Waals surface area contributed by atoms with Crippen molar-refractivity contribution >= 4 is 28.4 Å². The Hall–Kier alpha value is -3.81. The van der Waals surface area contributed by atoms with Crippen molar-refractivity contribution in [3.05, 3.63) is 76.0 Å². The molecular weight excluding hydrogens is 404 g/mol. The fourth-order valence-corrected chi connectivity index (χ4v) is 4.46. The predicted octanol–water partition coefficient (Wildman–Crippen LogP) is 2.14. The highest BCUT2D eigenvalue weighted by atomic mass is 16.2. The van der Waals surface area contributed by atoms with Gasteiger partial charge in [0.1, 0.15) is 10.9 Å². The van der Waals surface area contributed by atoms with Gasteiger partial charge in [-0.15, -0.1) is 0 Å². The average molecular weight is 430 g/mol. The van der Waals surface area contributed by atoms with Crippen LogP contribution in [0.25, 0.3) is 16.7 Å². The number of nitrogens with one attached hydrogen (secondary N) is 1. The maximum atomic E-state index is 13.4. The molecule has 8 nitrogen and oxygen atoms in total. The zero-order valence-electron chi connectivity index (χ0n) is 17.9. The Kier molecular flexibility index (Phi) is 5.05. The number of aromatic nitrogens is 4. The van der Waals surface area contributed by atoms with Crippen LogP contribution in [0.15, 0.2) is 53.7 Å². The van der Waals surface area contributed by atoms with Crippen LogP contribution in [-0.4, -0.2) is 26.3 Å². The van der Waals surface area contributed by atoms with E-state index < -0.39 is 0 Å². The van der Waals surface area contributed by atoms with Crippen LogP contribution in [0.1, 0.15) is 47.2 Å². The summed E-state index contributed by atoms with van der Waals surface area (Å²) in [5.41, 5.74) is 9.45. The summed E-state index contributed by atoms with van der Waals surface area (Å²) in [6.45, 7) is 2.28. The van der Waals surface area contributed by atoms with Gasteiger partial charge in [-0.3, -0.25) is 19.0 Å². The van der Waals surface area contributed by atoms with Gasteiger partial charge in [-0.25, -0.2) is 4.57 Å². The number of nitrogens with two attached hydrogens (primary N) is 1. The molecule has 8 heteroatoms. The molecule has 1 fully saturated rings. The molecule has 0 aromatic carbocycles. The van der Waals surface area contributed by atoms with E-state index in [9.17, 15) is 9.59 Å². The highest BCUT2D eigenvalue weighted by Gasteiger charge is 2.27. The lowest BCUT2D eigenvalue weighted by Crippen LogP contribution is -2.44. The van der Waals surface area contributed by atoms with Gasteiger partial charge >= 0.3 is 0 Å². The average Bonchev–Trinajstić information content (AvgIpc) is 3.30. The molecule has 4 aromatic rings. The van der Waals surface area contributed by atoms with Gasteiger partial charge in [-0.2, -0.15) is 0 Å². The van der Waals surface area contributed by atoms with Gasteiger partial charge in [0.15, 0.2) is 0 Å². The van der Waals surface area contributed by atoms with Crippen molar-refractivity contribution in [3.63, 3.8) is 0 Å². The van der Waals surface area contributed by atoms with Crippen molar-refractivity contribution in [1.29, 1.82) is 0 Å². The summed E-state index contributed by atoms with van der Waals surface area (Å²) >= 11 is 0. The molecule has 0 spiro atoms. The zero-order chi connectivity index (χ0) is 22.2. The molecule has 0 unspecified atom stereocenters. The lowest BCUT2D eigenvalue weighted by atomic mass is 10.1. The van der Waals surface area contributed by atoms with Gasteiger partial charge in [0, 0.05) is 30.2 Å². The van der Waals surface area contributed by atoms with E-state index in [0.717, 1.165) is 36.8 Å². The number of nitrogens with zero attached hydrogens (tertiary/aromatic N) is 4. The molecule has 0 saturated heterocycles. The summed E-state index contributed by atoms with van der Waals surface area (Å²) in [5, 5.41) is 3.44. The third-order valence-corrected chi connectivity index (χ3v) is 6.20. The summed E-state index contributed by atoms with van der Waals surface area (Å²) in [7, 11) is 0. The van der Waals surface area contributed by atoms with Gasteiger partial charge in [-0.1, -0.05) is 23.9 Å². The molecule has 0 radical (unpaired) electrons. The van der Waals surface area contributed by atoms with Gasteiger partial charge in [0.25, 0.3) is 17.1 Å². The van der Waals surface area contributed by atoms with Crippen LogP contribution in [-0.2, 0) is 6.54 Å². The molecule has 3 N–H and O–H groups in total. The third-order valence-electron chi connectivity index (χ3n) is 6.20. The molecule has 1 aliphatic carbocycles. The van der Waals surface area contributed by atoms with Crippen LogP contribution in [0, 0.1) is 6.92 Å². The highest BCUT2D eigenvalue weighted by Crippen LogP contribution is 2.20. The summed E-state index contributed by atoms with van der Waals surface area (Å²) in [5.74, 6) is 0.0307. The number of hydrogen-bond acceptors (Lipinski definition) is 5. The van der Waals surface area contributed by atoms with Crippen LogP contribution in [0.3, 0.4) is 0 Å². The summed E-state index contributed by atoms with van der Waals surface area (Å²) in [6, 6.07) is 9.21. The predicted molar refractivity (Wildman–Crippen MR) is 121 cm³/mol. The number of fused-ring (bicyclic) bond motifs is 2. The second-order valence-electron chi connectivity index (χ2n) is 8.38. The van der Waals surface area contributed by atoms with Crippen molar-refractivity contribution in [2.24, 2.45) is 0 Å². The van der Waals surface area contributed by atoms with E-state index in [0.29, 0.717) is 28.8 Å². The first-order chi connectivity index (χ1) is 15.5. The Bertz CT molecular complexity index is 1390. The maximum absolute atomic E-state index is 13.4.